The maximum absolute atomic E-state index is 5.84. The van der Waals surface area contributed by atoms with Crippen molar-refractivity contribution < 1.29 is 12.3 Å². The molecule has 1 N–H and O–H groups in total. The molecule has 0 spiro atoms. The minimum absolute atomic E-state index is 1.43. The average molecular weight is 223 g/mol. The van der Waals surface area contributed by atoms with Gasteiger partial charge in [-0.25, -0.2) is 0 Å². The Labute approximate surface area is 77.6 Å². The van der Waals surface area contributed by atoms with Gasteiger partial charge in [-0.2, -0.15) is 0 Å². The first kappa shape index (κ1) is 10.6. The van der Waals surface area contributed by atoms with Gasteiger partial charge in [0.1, 0.15) is 0 Å². The molecule has 2 atom stereocenters. The topological polar surface area (TPSA) is 39.7 Å². The van der Waals surface area contributed by atoms with Gasteiger partial charge >= 0.3 is 26.6 Å². The summed E-state index contributed by atoms with van der Waals surface area (Å²) in [6.07, 6.45) is 0. The molecule has 1 heterocycles. The van der Waals surface area contributed by atoms with E-state index >= 15 is 0 Å². The van der Waals surface area contributed by atoms with Gasteiger partial charge in [-0.1, -0.05) is 0 Å². The molecule has 0 bridgehead atoms. The van der Waals surface area contributed by atoms with Crippen LogP contribution in [0.25, 0.3) is 0 Å². The molecule has 12 heavy (non-hydrogen) atoms. The highest BCUT2D eigenvalue weighted by Gasteiger charge is 2.46. The van der Waals surface area contributed by atoms with E-state index in [1.165, 1.54) is 0 Å². The Morgan fingerprint density at radius 1 is 1.17 bits per heavy atom. The van der Waals surface area contributed by atoms with E-state index in [2.05, 4.69) is 24.6 Å². The maximum atomic E-state index is 5.84. The molecule has 0 amide bonds. The SMILES string of the molecule is CN[Si]1(C)O[SiH](C)O[Si](C)(C)O1. The van der Waals surface area contributed by atoms with E-state index < -0.39 is 26.6 Å². The molecule has 0 saturated carbocycles. The van der Waals surface area contributed by atoms with Crippen molar-refractivity contribution in [2.24, 2.45) is 0 Å². The Morgan fingerprint density at radius 2 is 1.75 bits per heavy atom. The molecular weight excluding hydrogens is 206 g/mol. The lowest BCUT2D eigenvalue weighted by Crippen LogP contribution is -2.66. The first-order chi connectivity index (χ1) is 5.37. The molecule has 0 aromatic heterocycles. The quantitative estimate of drug-likeness (QED) is 0.653. The summed E-state index contributed by atoms with van der Waals surface area (Å²) in [6.45, 7) is 8.23. The van der Waals surface area contributed by atoms with Crippen molar-refractivity contribution >= 4 is 26.6 Å². The number of rotatable bonds is 1. The second-order valence-electron chi connectivity index (χ2n) is 3.50. The van der Waals surface area contributed by atoms with Crippen LogP contribution in [0.5, 0.6) is 0 Å². The maximum Gasteiger partial charge on any atom is 0.403 e. The number of hydrogen-bond acceptors (Lipinski definition) is 4. The molecule has 1 aliphatic rings. The van der Waals surface area contributed by atoms with Crippen LogP contribution >= 0.6 is 0 Å². The summed E-state index contributed by atoms with van der Waals surface area (Å²) in [6, 6.07) is 0. The van der Waals surface area contributed by atoms with Crippen LogP contribution in [0.3, 0.4) is 0 Å². The molecule has 1 fully saturated rings. The fourth-order valence-corrected chi connectivity index (χ4v) is 13.6. The summed E-state index contributed by atoms with van der Waals surface area (Å²) >= 11 is 0. The van der Waals surface area contributed by atoms with E-state index in [1.807, 2.05) is 13.6 Å². The number of hydrogen-bond donors (Lipinski definition) is 1. The van der Waals surface area contributed by atoms with Gasteiger partial charge in [-0.05, 0) is 33.2 Å². The normalized spacial score (nSPS) is 41.2. The van der Waals surface area contributed by atoms with Crippen molar-refractivity contribution in [3.05, 3.63) is 0 Å². The average Bonchev–Trinajstić information content (AvgIpc) is 1.82. The fraction of sp³-hybridized carbons (Fsp3) is 1.00. The molecule has 1 saturated heterocycles. The van der Waals surface area contributed by atoms with Crippen molar-refractivity contribution in [1.29, 1.82) is 0 Å². The van der Waals surface area contributed by atoms with Crippen LogP contribution in [0.15, 0.2) is 0 Å². The summed E-state index contributed by atoms with van der Waals surface area (Å²) in [5, 5.41) is 0. The Bertz CT molecular complexity index is 179. The Kier molecular flexibility index (Phi) is 2.93. The van der Waals surface area contributed by atoms with Gasteiger partial charge in [0.25, 0.3) is 0 Å². The predicted molar refractivity (Wildman–Crippen MR) is 54.4 cm³/mol. The summed E-state index contributed by atoms with van der Waals surface area (Å²) in [5.74, 6) is 0. The van der Waals surface area contributed by atoms with Crippen LogP contribution in [-0.2, 0) is 12.3 Å². The van der Waals surface area contributed by atoms with Gasteiger partial charge in [0.05, 0.1) is 0 Å². The molecule has 0 aromatic rings. The van der Waals surface area contributed by atoms with Crippen LogP contribution in [-0.4, -0.2) is 33.6 Å². The van der Waals surface area contributed by atoms with Crippen LogP contribution in [0.2, 0.25) is 26.2 Å². The van der Waals surface area contributed by atoms with Crippen LogP contribution in [0.1, 0.15) is 0 Å². The molecule has 0 aliphatic carbocycles. The third-order valence-corrected chi connectivity index (χ3v) is 12.9. The minimum Gasteiger partial charge on any atom is -0.418 e. The molecule has 0 radical (unpaired) electrons. The second-order valence-corrected chi connectivity index (χ2v) is 12.5. The van der Waals surface area contributed by atoms with Crippen LogP contribution in [0, 0.1) is 0 Å². The molecule has 0 aromatic carbocycles. The van der Waals surface area contributed by atoms with Crippen molar-refractivity contribution in [2.45, 2.75) is 26.2 Å². The molecule has 1 rings (SSSR count). The van der Waals surface area contributed by atoms with Gasteiger partial charge in [-0.15, -0.1) is 0 Å². The van der Waals surface area contributed by atoms with Crippen molar-refractivity contribution in [3.63, 3.8) is 0 Å². The molecule has 7 heteroatoms. The smallest absolute Gasteiger partial charge is 0.403 e. The monoisotopic (exact) mass is 223 g/mol. The van der Waals surface area contributed by atoms with E-state index in [9.17, 15) is 0 Å². The first-order valence-corrected chi connectivity index (χ1v) is 11.3. The highest BCUT2D eigenvalue weighted by atomic mass is 28.5. The van der Waals surface area contributed by atoms with Gasteiger partial charge in [0.2, 0.25) is 0 Å². The van der Waals surface area contributed by atoms with Crippen molar-refractivity contribution in [2.75, 3.05) is 7.05 Å². The Hall–Kier alpha value is 0.491. The van der Waals surface area contributed by atoms with Gasteiger partial charge in [0, 0.05) is 0 Å². The lowest BCUT2D eigenvalue weighted by molar-refractivity contribution is 0.242. The Balaban J connectivity index is 2.70. The first-order valence-electron chi connectivity index (χ1n) is 4.12. The third kappa shape index (κ3) is 2.49. The lowest BCUT2D eigenvalue weighted by atomic mass is 11.6. The summed E-state index contributed by atoms with van der Waals surface area (Å²) in [7, 11) is -3.47. The van der Waals surface area contributed by atoms with Crippen LogP contribution < -0.4 is 4.98 Å². The third-order valence-electron chi connectivity index (χ3n) is 1.74. The lowest BCUT2D eigenvalue weighted by Gasteiger charge is -2.42. The fourth-order valence-electron chi connectivity index (χ4n) is 1.37. The zero-order valence-electron chi connectivity index (χ0n) is 8.30. The largest absolute Gasteiger partial charge is 0.418 e. The van der Waals surface area contributed by atoms with Gasteiger partial charge in [0.15, 0.2) is 0 Å². The zero-order chi connectivity index (χ0) is 9.41. The van der Waals surface area contributed by atoms with Gasteiger partial charge < -0.3 is 12.3 Å². The van der Waals surface area contributed by atoms with Crippen molar-refractivity contribution in [1.82, 2.24) is 4.98 Å². The summed E-state index contributed by atoms with van der Waals surface area (Å²) in [4.78, 5) is 3.15. The molecule has 1 aliphatic heterocycles. The minimum atomic E-state index is -2.06. The highest BCUT2D eigenvalue weighted by Crippen LogP contribution is 2.22. The summed E-state index contributed by atoms with van der Waals surface area (Å²) in [5.41, 5.74) is 0. The van der Waals surface area contributed by atoms with E-state index in [1.54, 1.807) is 0 Å². The number of nitrogens with one attached hydrogen (secondary N) is 1. The highest BCUT2D eigenvalue weighted by molar-refractivity contribution is 6.87. The second kappa shape index (κ2) is 3.33. The standard InChI is InChI=1S/C5H17NO3Si3/c1-6-12(5)8-10(2)7-11(3,4)9-12/h6,10H,1-5H3. The predicted octanol–water partition coefficient (Wildman–Crippen LogP) is 0.390. The van der Waals surface area contributed by atoms with E-state index in [4.69, 9.17) is 12.3 Å². The van der Waals surface area contributed by atoms with E-state index in [-0.39, 0.29) is 0 Å². The van der Waals surface area contributed by atoms with Crippen molar-refractivity contribution in [3.8, 4) is 0 Å². The molecule has 4 nitrogen and oxygen atoms in total. The van der Waals surface area contributed by atoms with E-state index in [0.29, 0.717) is 0 Å². The molecule has 2 unspecified atom stereocenters. The van der Waals surface area contributed by atoms with Crippen LogP contribution in [0.4, 0.5) is 0 Å². The molecule has 72 valence electrons. The summed E-state index contributed by atoms with van der Waals surface area (Å²) < 4.78 is 17.3. The van der Waals surface area contributed by atoms with E-state index in [0.717, 1.165) is 0 Å². The molecular formula is C5H17NO3Si3. The Morgan fingerprint density at radius 3 is 2.17 bits per heavy atom. The zero-order valence-corrected chi connectivity index (χ0v) is 11.5. The van der Waals surface area contributed by atoms with Gasteiger partial charge in [-0.3, -0.25) is 4.98 Å².